The molecule has 0 aliphatic carbocycles. The van der Waals surface area contributed by atoms with Crippen LogP contribution < -0.4 is 15.4 Å². The summed E-state index contributed by atoms with van der Waals surface area (Å²) in [5.74, 6) is 1.78. The molecule has 1 unspecified atom stereocenters. The van der Waals surface area contributed by atoms with Crippen molar-refractivity contribution in [2.45, 2.75) is 32.3 Å². The zero-order valence-corrected chi connectivity index (χ0v) is 15.4. The second kappa shape index (κ2) is 11.7. The molecule has 2 N–H and O–H groups in total. The molecule has 1 atom stereocenters. The number of aryl methyl sites for hydroxylation is 1. The third-order valence-corrected chi connectivity index (χ3v) is 4.04. The van der Waals surface area contributed by atoms with Gasteiger partial charge < -0.3 is 24.8 Å². The summed E-state index contributed by atoms with van der Waals surface area (Å²) in [5.41, 5.74) is 1.17. The van der Waals surface area contributed by atoms with Crippen LogP contribution in [0.3, 0.4) is 0 Å². The Labute approximate surface area is 151 Å². The van der Waals surface area contributed by atoms with Gasteiger partial charge in [0.2, 0.25) is 0 Å². The molecule has 1 aromatic rings. The van der Waals surface area contributed by atoms with Crippen molar-refractivity contribution in [1.82, 2.24) is 10.6 Å². The minimum atomic E-state index is 0.283. The summed E-state index contributed by atoms with van der Waals surface area (Å²) in [6.45, 7) is 6.72. The Morgan fingerprint density at radius 1 is 1.20 bits per heavy atom. The highest BCUT2D eigenvalue weighted by Crippen LogP contribution is 2.15. The molecule has 1 heterocycles. The summed E-state index contributed by atoms with van der Waals surface area (Å²) in [6.07, 6.45) is 3.17. The second-order valence-corrected chi connectivity index (χ2v) is 6.10. The number of nitrogens with zero attached hydrogens (tertiary/aromatic N) is 1. The van der Waals surface area contributed by atoms with E-state index in [9.17, 15) is 0 Å². The van der Waals surface area contributed by atoms with E-state index >= 15 is 0 Å². The van der Waals surface area contributed by atoms with Crippen molar-refractivity contribution in [3.63, 3.8) is 0 Å². The van der Waals surface area contributed by atoms with Gasteiger partial charge in [-0.05, 0) is 37.8 Å². The van der Waals surface area contributed by atoms with Crippen LogP contribution in [0.2, 0.25) is 0 Å². The smallest absolute Gasteiger partial charge is 0.190 e. The van der Waals surface area contributed by atoms with Crippen LogP contribution in [-0.2, 0) is 9.47 Å². The van der Waals surface area contributed by atoms with Gasteiger partial charge in [0.1, 0.15) is 5.75 Å². The highest BCUT2D eigenvalue weighted by Gasteiger charge is 2.15. The van der Waals surface area contributed by atoms with Crippen molar-refractivity contribution in [3.05, 3.63) is 29.8 Å². The number of hydrogen-bond donors (Lipinski definition) is 2. The predicted octanol–water partition coefficient (Wildman–Crippen LogP) is 2.12. The average molecular weight is 349 g/mol. The number of hydrogen-bond acceptors (Lipinski definition) is 4. The summed E-state index contributed by atoms with van der Waals surface area (Å²) in [5, 5.41) is 6.60. The normalized spacial score (nSPS) is 17.5. The molecule has 1 saturated heterocycles. The first-order valence-electron chi connectivity index (χ1n) is 9.12. The zero-order chi connectivity index (χ0) is 17.7. The van der Waals surface area contributed by atoms with Crippen molar-refractivity contribution in [3.8, 4) is 5.75 Å². The summed E-state index contributed by atoms with van der Waals surface area (Å²) < 4.78 is 16.8. The van der Waals surface area contributed by atoms with Gasteiger partial charge >= 0.3 is 0 Å². The Kier molecular flexibility index (Phi) is 9.15. The number of aliphatic imine (C=N–C) groups is 1. The third kappa shape index (κ3) is 7.75. The lowest BCUT2D eigenvalue weighted by atomic mass is 10.2. The predicted molar refractivity (Wildman–Crippen MR) is 100 cm³/mol. The van der Waals surface area contributed by atoms with Crippen LogP contribution in [0, 0.1) is 6.92 Å². The maximum absolute atomic E-state index is 5.79. The first kappa shape index (κ1) is 19.5. The molecule has 6 heteroatoms. The van der Waals surface area contributed by atoms with E-state index in [0.717, 1.165) is 63.9 Å². The van der Waals surface area contributed by atoms with Crippen molar-refractivity contribution < 1.29 is 14.2 Å². The van der Waals surface area contributed by atoms with Gasteiger partial charge in [-0.15, -0.1) is 0 Å². The lowest BCUT2D eigenvalue weighted by Crippen LogP contribution is -2.38. The molecular weight excluding hydrogens is 318 g/mol. The first-order chi connectivity index (χ1) is 12.3. The van der Waals surface area contributed by atoms with E-state index in [-0.39, 0.29) is 6.10 Å². The Hall–Kier alpha value is -1.79. The van der Waals surface area contributed by atoms with Crippen LogP contribution >= 0.6 is 0 Å². The molecule has 1 fully saturated rings. The summed E-state index contributed by atoms with van der Waals surface area (Å²) in [6, 6.07) is 8.08. The standard InChI is InChI=1S/C19H31N3O3/c1-16-7-3-4-8-18(16)25-13-6-11-22-19(20-2)21-10-5-12-24-17-9-14-23-15-17/h3-4,7-8,17H,5-6,9-15H2,1-2H3,(H2,20,21,22). The van der Waals surface area contributed by atoms with E-state index in [1.54, 1.807) is 7.05 Å². The van der Waals surface area contributed by atoms with Gasteiger partial charge in [-0.1, -0.05) is 18.2 Å². The van der Waals surface area contributed by atoms with E-state index in [1.165, 1.54) is 5.56 Å². The SMILES string of the molecule is CN=C(NCCCOc1ccccc1C)NCCCOC1CCOC1. The molecule has 6 nitrogen and oxygen atoms in total. The molecule has 1 aromatic carbocycles. The molecule has 0 amide bonds. The van der Waals surface area contributed by atoms with Crippen molar-refractivity contribution in [2.75, 3.05) is 46.6 Å². The van der Waals surface area contributed by atoms with Gasteiger partial charge in [-0.2, -0.15) is 0 Å². The number of nitrogens with one attached hydrogen (secondary N) is 2. The third-order valence-electron chi connectivity index (χ3n) is 4.04. The van der Waals surface area contributed by atoms with Crippen LogP contribution in [0.1, 0.15) is 24.8 Å². The fraction of sp³-hybridized carbons (Fsp3) is 0.632. The molecule has 1 aliphatic rings. The van der Waals surface area contributed by atoms with Crippen molar-refractivity contribution in [2.24, 2.45) is 4.99 Å². The summed E-state index contributed by atoms with van der Waals surface area (Å²) >= 11 is 0. The fourth-order valence-electron chi connectivity index (χ4n) is 2.57. The largest absolute Gasteiger partial charge is 0.493 e. The highest BCUT2D eigenvalue weighted by atomic mass is 16.5. The van der Waals surface area contributed by atoms with E-state index in [0.29, 0.717) is 6.61 Å². The maximum Gasteiger partial charge on any atom is 0.190 e. The first-order valence-corrected chi connectivity index (χ1v) is 9.12. The Balaban J connectivity index is 1.48. The fourth-order valence-corrected chi connectivity index (χ4v) is 2.57. The van der Waals surface area contributed by atoms with Crippen molar-refractivity contribution in [1.29, 1.82) is 0 Å². The molecule has 1 aliphatic heterocycles. The van der Waals surface area contributed by atoms with E-state index in [4.69, 9.17) is 14.2 Å². The minimum absolute atomic E-state index is 0.283. The zero-order valence-electron chi connectivity index (χ0n) is 15.4. The number of ether oxygens (including phenoxy) is 3. The number of benzene rings is 1. The van der Waals surface area contributed by atoms with E-state index < -0.39 is 0 Å². The van der Waals surface area contributed by atoms with Crippen LogP contribution in [0.4, 0.5) is 0 Å². The lowest BCUT2D eigenvalue weighted by Gasteiger charge is -2.13. The molecule has 25 heavy (non-hydrogen) atoms. The van der Waals surface area contributed by atoms with Gasteiger partial charge in [-0.3, -0.25) is 4.99 Å². The Bertz CT molecular complexity index is 516. The second-order valence-electron chi connectivity index (χ2n) is 6.10. The summed E-state index contributed by atoms with van der Waals surface area (Å²) in [4.78, 5) is 4.23. The molecule has 0 aromatic heterocycles. The van der Waals surface area contributed by atoms with Gasteiger partial charge in [0.05, 0.1) is 19.3 Å². The highest BCUT2D eigenvalue weighted by molar-refractivity contribution is 5.79. The summed E-state index contributed by atoms with van der Waals surface area (Å²) in [7, 11) is 1.78. The molecule has 0 radical (unpaired) electrons. The average Bonchev–Trinajstić information content (AvgIpc) is 3.14. The Morgan fingerprint density at radius 3 is 2.64 bits per heavy atom. The van der Waals surface area contributed by atoms with Crippen LogP contribution in [0.25, 0.3) is 0 Å². The minimum Gasteiger partial charge on any atom is -0.493 e. The number of para-hydroxylation sites is 1. The maximum atomic E-state index is 5.79. The number of guanidine groups is 1. The Morgan fingerprint density at radius 2 is 1.96 bits per heavy atom. The molecule has 0 bridgehead atoms. The monoisotopic (exact) mass is 349 g/mol. The van der Waals surface area contributed by atoms with Gasteiger partial charge in [0.25, 0.3) is 0 Å². The molecule has 2 rings (SSSR count). The topological polar surface area (TPSA) is 64.1 Å². The van der Waals surface area contributed by atoms with E-state index in [1.807, 2.05) is 18.2 Å². The lowest BCUT2D eigenvalue weighted by molar-refractivity contribution is 0.0420. The van der Waals surface area contributed by atoms with Crippen molar-refractivity contribution >= 4 is 5.96 Å². The number of rotatable bonds is 10. The van der Waals surface area contributed by atoms with Gasteiger partial charge in [0, 0.05) is 33.4 Å². The van der Waals surface area contributed by atoms with Crippen LogP contribution in [0.5, 0.6) is 5.75 Å². The van der Waals surface area contributed by atoms with Gasteiger partial charge in [0.15, 0.2) is 5.96 Å². The quantitative estimate of drug-likeness (QED) is 0.385. The molecular formula is C19H31N3O3. The molecule has 0 saturated carbocycles. The molecule has 140 valence electrons. The van der Waals surface area contributed by atoms with Gasteiger partial charge in [-0.25, -0.2) is 0 Å². The van der Waals surface area contributed by atoms with Crippen LogP contribution in [0.15, 0.2) is 29.3 Å². The molecule has 0 spiro atoms. The van der Waals surface area contributed by atoms with E-state index in [2.05, 4.69) is 28.6 Å². The van der Waals surface area contributed by atoms with Crippen LogP contribution in [-0.4, -0.2) is 58.6 Å².